The van der Waals surface area contributed by atoms with E-state index in [1.54, 1.807) is 24.4 Å². The first-order valence-corrected chi connectivity index (χ1v) is 6.16. The lowest BCUT2D eigenvalue weighted by Crippen LogP contribution is -2.15. The number of carbonyl (C=O) groups excluding carboxylic acids is 1. The van der Waals surface area contributed by atoms with E-state index in [4.69, 9.17) is 5.73 Å². The molecule has 0 saturated heterocycles. The summed E-state index contributed by atoms with van der Waals surface area (Å²) in [6.07, 6.45) is 1.58. The van der Waals surface area contributed by atoms with Crippen molar-refractivity contribution in [3.8, 4) is 0 Å². The molecule has 18 heavy (non-hydrogen) atoms. The standard InChI is InChI=1S/C13H12BrN3O/c1-8-9(4-2-5-10(8)14)13(18)17-12-11(15)6-3-7-16-12/h2-7H,15H2,1H3,(H,16,17,18). The lowest BCUT2D eigenvalue weighted by atomic mass is 10.1. The number of aromatic nitrogens is 1. The van der Waals surface area contributed by atoms with Crippen molar-refractivity contribution in [2.75, 3.05) is 11.1 Å². The fourth-order valence-electron chi connectivity index (χ4n) is 1.55. The molecular weight excluding hydrogens is 294 g/mol. The summed E-state index contributed by atoms with van der Waals surface area (Å²) in [4.78, 5) is 16.1. The Hall–Kier alpha value is -1.88. The van der Waals surface area contributed by atoms with Gasteiger partial charge in [-0.3, -0.25) is 4.79 Å². The Kier molecular flexibility index (Phi) is 3.62. The van der Waals surface area contributed by atoms with Gasteiger partial charge in [-0.25, -0.2) is 4.98 Å². The Morgan fingerprint density at radius 1 is 1.33 bits per heavy atom. The number of rotatable bonds is 2. The molecule has 4 nitrogen and oxygen atoms in total. The highest BCUT2D eigenvalue weighted by Gasteiger charge is 2.12. The summed E-state index contributed by atoms with van der Waals surface area (Å²) in [5.74, 6) is 0.154. The topological polar surface area (TPSA) is 68.0 Å². The van der Waals surface area contributed by atoms with Crippen molar-refractivity contribution in [3.63, 3.8) is 0 Å². The second-order valence-corrected chi connectivity index (χ2v) is 4.66. The second-order valence-electron chi connectivity index (χ2n) is 3.81. The highest BCUT2D eigenvalue weighted by Crippen LogP contribution is 2.21. The van der Waals surface area contributed by atoms with Crippen LogP contribution in [0.25, 0.3) is 0 Å². The van der Waals surface area contributed by atoms with Crippen LogP contribution in [0, 0.1) is 6.92 Å². The summed E-state index contributed by atoms with van der Waals surface area (Å²) in [5, 5.41) is 2.70. The van der Waals surface area contributed by atoms with Gasteiger partial charge in [-0.2, -0.15) is 0 Å². The number of benzene rings is 1. The SMILES string of the molecule is Cc1c(Br)cccc1C(=O)Nc1ncccc1N. The van der Waals surface area contributed by atoms with Crippen molar-refractivity contribution < 1.29 is 4.79 Å². The van der Waals surface area contributed by atoms with Crippen molar-refractivity contribution in [1.29, 1.82) is 0 Å². The minimum absolute atomic E-state index is 0.223. The number of nitrogens with two attached hydrogens (primary N) is 1. The fraction of sp³-hybridized carbons (Fsp3) is 0.0769. The molecule has 0 spiro atoms. The maximum atomic E-state index is 12.1. The van der Waals surface area contributed by atoms with Gasteiger partial charge in [-0.15, -0.1) is 0 Å². The van der Waals surface area contributed by atoms with Crippen LogP contribution in [0.1, 0.15) is 15.9 Å². The third-order valence-electron chi connectivity index (χ3n) is 2.58. The van der Waals surface area contributed by atoms with E-state index >= 15 is 0 Å². The van der Waals surface area contributed by atoms with Crippen LogP contribution in [0.4, 0.5) is 11.5 Å². The molecule has 1 amide bonds. The molecule has 1 heterocycles. The Bertz CT molecular complexity index is 599. The number of hydrogen-bond acceptors (Lipinski definition) is 3. The number of hydrogen-bond donors (Lipinski definition) is 2. The summed E-state index contributed by atoms with van der Waals surface area (Å²) in [5.41, 5.74) is 7.64. The third kappa shape index (κ3) is 2.51. The highest BCUT2D eigenvalue weighted by molar-refractivity contribution is 9.10. The second kappa shape index (κ2) is 5.18. The number of nitrogen functional groups attached to an aromatic ring is 1. The summed E-state index contributed by atoms with van der Waals surface area (Å²) >= 11 is 3.39. The van der Waals surface area contributed by atoms with Crippen LogP contribution in [0.15, 0.2) is 41.0 Å². The largest absolute Gasteiger partial charge is 0.396 e. The molecule has 0 unspecified atom stereocenters. The van der Waals surface area contributed by atoms with Crippen LogP contribution in [-0.4, -0.2) is 10.9 Å². The number of nitrogens with one attached hydrogen (secondary N) is 1. The van der Waals surface area contributed by atoms with Crippen molar-refractivity contribution in [2.45, 2.75) is 6.92 Å². The monoisotopic (exact) mass is 305 g/mol. The minimum atomic E-state index is -0.223. The van der Waals surface area contributed by atoms with Crippen LogP contribution in [0.3, 0.4) is 0 Å². The number of nitrogens with zero attached hydrogens (tertiary/aromatic N) is 1. The average molecular weight is 306 g/mol. The van der Waals surface area contributed by atoms with Crippen LogP contribution >= 0.6 is 15.9 Å². The Morgan fingerprint density at radius 2 is 2.11 bits per heavy atom. The zero-order chi connectivity index (χ0) is 13.1. The molecule has 0 aliphatic rings. The highest BCUT2D eigenvalue weighted by atomic mass is 79.9. The van der Waals surface area contributed by atoms with Gasteiger partial charge in [0.05, 0.1) is 5.69 Å². The molecule has 0 fully saturated rings. The molecule has 1 aromatic carbocycles. The fourth-order valence-corrected chi connectivity index (χ4v) is 1.92. The number of carbonyl (C=O) groups is 1. The summed E-state index contributed by atoms with van der Waals surface area (Å²) in [7, 11) is 0. The van der Waals surface area contributed by atoms with Crippen molar-refractivity contribution in [3.05, 3.63) is 52.1 Å². The minimum Gasteiger partial charge on any atom is -0.396 e. The molecule has 0 saturated carbocycles. The van der Waals surface area contributed by atoms with Gasteiger partial charge in [-0.05, 0) is 36.8 Å². The van der Waals surface area contributed by atoms with Crippen LogP contribution in [0.5, 0.6) is 0 Å². The van der Waals surface area contributed by atoms with Gasteiger partial charge in [0.15, 0.2) is 5.82 Å². The number of amides is 1. The first kappa shape index (κ1) is 12.6. The van der Waals surface area contributed by atoms with Crippen LogP contribution in [-0.2, 0) is 0 Å². The van der Waals surface area contributed by atoms with Gasteiger partial charge in [0.2, 0.25) is 0 Å². The smallest absolute Gasteiger partial charge is 0.257 e. The lowest BCUT2D eigenvalue weighted by Gasteiger charge is -2.09. The van der Waals surface area contributed by atoms with Crippen LogP contribution < -0.4 is 11.1 Å². The van der Waals surface area contributed by atoms with Gasteiger partial charge in [-0.1, -0.05) is 22.0 Å². The molecule has 2 aromatic rings. The molecule has 3 N–H and O–H groups in total. The number of halogens is 1. The molecule has 0 radical (unpaired) electrons. The van der Waals surface area contributed by atoms with Gasteiger partial charge < -0.3 is 11.1 Å². The van der Waals surface area contributed by atoms with E-state index in [0.29, 0.717) is 17.1 Å². The van der Waals surface area contributed by atoms with E-state index in [1.807, 2.05) is 19.1 Å². The maximum absolute atomic E-state index is 12.1. The van der Waals surface area contributed by atoms with Crippen LogP contribution in [0.2, 0.25) is 0 Å². The zero-order valence-corrected chi connectivity index (χ0v) is 11.4. The quantitative estimate of drug-likeness (QED) is 0.896. The van der Waals surface area contributed by atoms with Crippen molar-refractivity contribution >= 4 is 33.3 Å². The molecule has 0 aliphatic heterocycles. The van der Waals surface area contributed by atoms with Gasteiger partial charge in [0, 0.05) is 16.2 Å². The van der Waals surface area contributed by atoms with E-state index in [9.17, 15) is 4.79 Å². The van der Waals surface area contributed by atoms with E-state index in [2.05, 4.69) is 26.2 Å². The number of pyridine rings is 1. The Balaban J connectivity index is 2.28. The van der Waals surface area contributed by atoms with Crippen molar-refractivity contribution in [1.82, 2.24) is 4.98 Å². The molecule has 1 aromatic heterocycles. The zero-order valence-electron chi connectivity index (χ0n) is 9.77. The van der Waals surface area contributed by atoms with Gasteiger partial charge >= 0.3 is 0 Å². The molecule has 0 aliphatic carbocycles. The summed E-state index contributed by atoms with van der Waals surface area (Å²) in [6.45, 7) is 1.88. The molecule has 0 bridgehead atoms. The molecular formula is C13H12BrN3O. The first-order chi connectivity index (χ1) is 8.59. The normalized spacial score (nSPS) is 10.1. The molecule has 2 rings (SSSR count). The lowest BCUT2D eigenvalue weighted by molar-refractivity contribution is 0.102. The predicted octanol–water partition coefficient (Wildman–Crippen LogP) is 2.99. The van der Waals surface area contributed by atoms with Gasteiger partial charge in [0.1, 0.15) is 0 Å². The van der Waals surface area contributed by atoms with E-state index in [1.165, 1.54) is 0 Å². The summed E-state index contributed by atoms with van der Waals surface area (Å²) in [6, 6.07) is 8.87. The Labute approximate surface area is 113 Å². The van der Waals surface area contributed by atoms with Crippen molar-refractivity contribution in [2.24, 2.45) is 0 Å². The average Bonchev–Trinajstić information content (AvgIpc) is 2.35. The van der Waals surface area contributed by atoms with E-state index < -0.39 is 0 Å². The number of anilines is 2. The van der Waals surface area contributed by atoms with E-state index in [-0.39, 0.29) is 5.91 Å². The van der Waals surface area contributed by atoms with Gasteiger partial charge in [0.25, 0.3) is 5.91 Å². The third-order valence-corrected chi connectivity index (χ3v) is 3.44. The predicted molar refractivity (Wildman–Crippen MR) is 75.5 cm³/mol. The first-order valence-electron chi connectivity index (χ1n) is 5.36. The molecule has 5 heteroatoms. The molecule has 0 atom stereocenters. The summed E-state index contributed by atoms with van der Waals surface area (Å²) < 4.78 is 0.893. The van der Waals surface area contributed by atoms with E-state index in [0.717, 1.165) is 10.0 Å². The molecule has 92 valence electrons. The maximum Gasteiger partial charge on any atom is 0.257 e. The Morgan fingerprint density at radius 3 is 2.83 bits per heavy atom.